The molecule has 2 aromatic rings. The summed E-state index contributed by atoms with van der Waals surface area (Å²) in [6, 6.07) is 2.67. The van der Waals surface area contributed by atoms with Crippen LogP contribution in [-0.2, 0) is 11.3 Å². The van der Waals surface area contributed by atoms with Crippen molar-refractivity contribution in [1.82, 2.24) is 24.6 Å². The number of nitrogens with one attached hydrogen (secondary N) is 1. The van der Waals surface area contributed by atoms with Crippen molar-refractivity contribution < 1.29 is 4.74 Å². The van der Waals surface area contributed by atoms with Gasteiger partial charge >= 0.3 is 0 Å². The van der Waals surface area contributed by atoms with Gasteiger partial charge in [-0.05, 0) is 19.9 Å². The summed E-state index contributed by atoms with van der Waals surface area (Å²) in [7, 11) is 0. The van der Waals surface area contributed by atoms with Gasteiger partial charge in [-0.15, -0.1) is 0 Å². The molecular weight excluding hydrogens is 254 g/mol. The maximum atomic E-state index is 5.62. The number of aromatic nitrogens is 4. The number of hydrogen-bond donors (Lipinski definition) is 1. The normalized spacial score (nSPS) is 20.6. The first-order valence-electron chi connectivity index (χ1n) is 7.08. The van der Waals surface area contributed by atoms with E-state index >= 15 is 0 Å². The van der Waals surface area contributed by atoms with E-state index in [0.29, 0.717) is 12.6 Å². The number of rotatable bonds is 4. The molecule has 1 fully saturated rings. The molecule has 0 radical (unpaired) electrons. The van der Waals surface area contributed by atoms with Crippen molar-refractivity contribution in [3.63, 3.8) is 0 Å². The van der Waals surface area contributed by atoms with Gasteiger partial charge in [0.1, 0.15) is 5.82 Å². The molecule has 1 atom stereocenters. The van der Waals surface area contributed by atoms with Crippen LogP contribution in [0.15, 0.2) is 24.7 Å². The fourth-order valence-corrected chi connectivity index (χ4v) is 2.68. The fourth-order valence-electron chi connectivity index (χ4n) is 2.68. The molecule has 0 unspecified atom stereocenters. The zero-order valence-corrected chi connectivity index (χ0v) is 12.0. The van der Waals surface area contributed by atoms with Gasteiger partial charge in [-0.25, -0.2) is 4.98 Å². The van der Waals surface area contributed by atoms with Gasteiger partial charge < -0.3 is 9.30 Å². The third kappa shape index (κ3) is 2.62. The van der Waals surface area contributed by atoms with Crippen LogP contribution in [0, 0.1) is 0 Å². The van der Waals surface area contributed by atoms with E-state index in [2.05, 4.69) is 38.5 Å². The summed E-state index contributed by atoms with van der Waals surface area (Å²) in [4.78, 5) is 6.90. The van der Waals surface area contributed by atoms with Gasteiger partial charge in [0.05, 0.1) is 31.5 Å². The molecule has 3 rings (SSSR count). The largest absolute Gasteiger partial charge is 0.378 e. The molecule has 0 saturated carbocycles. The van der Waals surface area contributed by atoms with Gasteiger partial charge in [-0.2, -0.15) is 5.10 Å². The minimum atomic E-state index is 0.226. The van der Waals surface area contributed by atoms with Crippen LogP contribution in [0.5, 0.6) is 0 Å². The van der Waals surface area contributed by atoms with Crippen molar-refractivity contribution in [2.24, 2.45) is 0 Å². The average molecular weight is 275 g/mol. The van der Waals surface area contributed by atoms with Gasteiger partial charge in [-0.3, -0.25) is 10.00 Å². The quantitative estimate of drug-likeness (QED) is 0.923. The molecule has 2 aromatic heterocycles. The van der Waals surface area contributed by atoms with Gasteiger partial charge in [-0.1, -0.05) is 0 Å². The van der Waals surface area contributed by atoms with E-state index in [1.54, 1.807) is 6.20 Å². The van der Waals surface area contributed by atoms with Gasteiger partial charge in [0.2, 0.25) is 0 Å². The topological polar surface area (TPSA) is 59.0 Å². The molecule has 0 aromatic carbocycles. The summed E-state index contributed by atoms with van der Waals surface area (Å²) in [5.74, 6) is 1.10. The highest BCUT2D eigenvalue weighted by molar-refractivity contribution is 5.07. The second-order valence-corrected chi connectivity index (χ2v) is 5.42. The molecule has 1 aliphatic heterocycles. The first-order valence-corrected chi connectivity index (χ1v) is 7.08. The molecule has 3 heterocycles. The summed E-state index contributed by atoms with van der Waals surface area (Å²) < 4.78 is 7.84. The second kappa shape index (κ2) is 5.76. The summed E-state index contributed by atoms with van der Waals surface area (Å²) in [6.07, 6.45) is 5.71. The van der Waals surface area contributed by atoms with Crippen molar-refractivity contribution in [3.8, 4) is 0 Å². The lowest BCUT2D eigenvalue weighted by Gasteiger charge is -2.34. The predicted octanol–water partition coefficient (Wildman–Crippen LogP) is 1.76. The lowest BCUT2D eigenvalue weighted by Crippen LogP contribution is -2.39. The van der Waals surface area contributed by atoms with Crippen molar-refractivity contribution in [3.05, 3.63) is 36.2 Å². The highest BCUT2D eigenvalue weighted by Crippen LogP contribution is 2.24. The number of imidazole rings is 1. The van der Waals surface area contributed by atoms with Crippen LogP contribution in [0.25, 0.3) is 0 Å². The summed E-state index contributed by atoms with van der Waals surface area (Å²) in [6.45, 7) is 7.57. The molecule has 20 heavy (non-hydrogen) atoms. The van der Waals surface area contributed by atoms with Crippen LogP contribution in [-0.4, -0.2) is 44.4 Å². The maximum absolute atomic E-state index is 5.62. The Bertz CT molecular complexity index is 534. The van der Waals surface area contributed by atoms with Gasteiger partial charge in [0, 0.05) is 31.2 Å². The number of morpholine rings is 1. The molecule has 0 spiro atoms. The van der Waals surface area contributed by atoms with Gasteiger partial charge in [0.25, 0.3) is 0 Å². The first kappa shape index (κ1) is 13.3. The smallest absolute Gasteiger partial charge is 0.123 e. The third-order valence-corrected chi connectivity index (χ3v) is 3.77. The van der Waals surface area contributed by atoms with E-state index in [0.717, 1.165) is 31.2 Å². The molecular formula is C14H21N5O. The molecule has 6 heteroatoms. The lowest BCUT2D eigenvalue weighted by molar-refractivity contribution is -0.0159. The van der Waals surface area contributed by atoms with E-state index in [4.69, 9.17) is 4.74 Å². The highest BCUT2D eigenvalue weighted by atomic mass is 16.5. The Morgan fingerprint density at radius 1 is 1.45 bits per heavy atom. The van der Waals surface area contributed by atoms with E-state index in [9.17, 15) is 0 Å². The number of H-pyrrole nitrogens is 1. The van der Waals surface area contributed by atoms with E-state index in [1.165, 1.54) is 0 Å². The zero-order valence-electron chi connectivity index (χ0n) is 12.0. The van der Waals surface area contributed by atoms with Crippen LogP contribution >= 0.6 is 0 Å². The predicted molar refractivity (Wildman–Crippen MR) is 75.2 cm³/mol. The minimum Gasteiger partial charge on any atom is -0.378 e. The van der Waals surface area contributed by atoms with Crippen LogP contribution in [0.1, 0.15) is 37.4 Å². The maximum Gasteiger partial charge on any atom is 0.123 e. The van der Waals surface area contributed by atoms with Crippen LogP contribution in [0.3, 0.4) is 0 Å². The molecule has 1 aliphatic rings. The molecule has 0 aliphatic carbocycles. The molecule has 6 nitrogen and oxygen atoms in total. The van der Waals surface area contributed by atoms with E-state index < -0.39 is 0 Å². The molecule has 1 N–H and O–H groups in total. The molecule has 0 bridgehead atoms. The molecule has 1 saturated heterocycles. The molecule has 108 valence electrons. The Hall–Kier alpha value is -1.66. The Balaban J connectivity index is 1.79. The van der Waals surface area contributed by atoms with Crippen LogP contribution in [0.4, 0.5) is 0 Å². The monoisotopic (exact) mass is 275 g/mol. The van der Waals surface area contributed by atoms with Crippen molar-refractivity contribution in [2.75, 3.05) is 19.8 Å². The van der Waals surface area contributed by atoms with Gasteiger partial charge in [0.15, 0.2) is 0 Å². The lowest BCUT2D eigenvalue weighted by atomic mass is 10.1. The van der Waals surface area contributed by atoms with Crippen LogP contribution in [0.2, 0.25) is 0 Å². The summed E-state index contributed by atoms with van der Waals surface area (Å²) in [5, 5.41) is 7.10. The highest BCUT2D eigenvalue weighted by Gasteiger charge is 2.26. The van der Waals surface area contributed by atoms with Crippen LogP contribution < -0.4 is 0 Å². The van der Waals surface area contributed by atoms with E-state index in [-0.39, 0.29) is 6.04 Å². The standard InChI is InChI=1S/C14H21N5O/c1-11(2)19-6-5-15-14(19)9-18-7-8-20-10-13(18)12-3-4-16-17-12/h3-6,11,13H,7-10H2,1-2H3,(H,16,17)/t13-/m0/s1. The van der Waals surface area contributed by atoms with Crippen molar-refractivity contribution in [2.45, 2.75) is 32.5 Å². The Morgan fingerprint density at radius 2 is 2.35 bits per heavy atom. The zero-order chi connectivity index (χ0) is 13.9. The summed E-state index contributed by atoms with van der Waals surface area (Å²) >= 11 is 0. The number of aromatic amines is 1. The third-order valence-electron chi connectivity index (χ3n) is 3.77. The first-order chi connectivity index (χ1) is 9.75. The Labute approximate surface area is 118 Å². The number of nitrogens with zero attached hydrogens (tertiary/aromatic N) is 4. The Morgan fingerprint density at radius 3 is 3.10 bits per heavy atom. The average Bonchev–Trinajstić information content (AvgIpc) is 3.09. The number of ether oxygens (including phenoxy) is 1. The molecule has 0 amide bonds. The van der Waals surface area contributed by atoms with Crippen molar-refractivity contribution in [1.29, 1.82) is 0 Å². The SMILES string of the molecule is CC(C)n1ccnc1CN1CCOC[C@H]1c1ccn[nH]1. The van der Waals surface area contributed by atoms with Crippen molar-refractivity contribution >= 4 is 0 Å². The Kier molecular flexibility index (Phi) is 3.84. The second-order valence-electron chi connectivity index (χ2n) is 5.42. The summed E-state index contributed by atoms with van der Waals surface area (Å²) in [5.41, 5.74) is 1.10. The van der Waals surface area contributed by atoms with E-state index in [1.807, 2.05) is 18.5 Å². The number of hydrogen-bond acceptors (Lipinski definition) is 4. The minimum absolute atomic E-state index is 0.226. The fraction of sp³-hybridized carbons (Fsp3) is 0.571.